The van der Waals surface area contributed by atoms with E-state index in [9.17, 15) is 4.79 Å². The highest BCUT2D eigenvalue weighted by Gasteiger charge is 2.23. The number of carbonyl (C=O) groups excluding carboxylic acids is 1. The van der Waals surface area contributed by atoms with Crippen molar-refractivity contribution in [3.8, 4) is 11.5 Å². The maximum Gasteiger partial charge on any atom is 0.163 e. The van der Waals surface area contributed by atoms with E-state index in [0.29, 0.717) is 17.9 Å². The van der Waals surface area contributed by atoms with Gasteiger partial charge in [0.1, 0.15) is 24.2 Å². The third-order valence-electron chi connectivity index (χ3n) is 6.64. The highest BCUT2D eigenvalue weighted by atomic mass is 16.7. The lowest BCUT2D eigenvalue weighted by Gasteiger charge is -2.28. The Kier molecular flexibility index (Phi) is 9.20. The lowest BCUT2D eigenvalue weighted by molar-refractivity contribution is -0.181. The second kappa shape index (κ2) is 12.7. The molecule has 2 unspecified atom stereocenters. The first-order valence-corrected chi connectivity index (χ1v) is 13.0. The Bertz CT molecular complexity index is 1170. The van der Waals surface area contributed by atoms with E-state index in [2.05, 4.69) is 31.2 Å². The minimum absolute atomic E-state index is 0.0205. The van der Waals surface area contributed by atoms with Gasteiger partial charge in [-0.2, -0.15) is 0 Å². The van der Waals surface area contributed by atoms with E-state index in [0.717, 1.165) is 72.4 Å². The first-order valence-electron chi connectivity index (χ1n) is 13.0. The fraction of sp³-hybridized carbons (Fsp3) is 0.387. The largest absolute Gasteiger partial charge is 0.496 e. The fourth-order valence-corrected chi connectivity index (χ4v) is 4.68. The van der Waals surface area contributed by atoms with Gasteiger partial charge in [0.25, 0.3) is 0 Å². The number of anilines is 1. The average Bonchev–Trinajstić information content (AvgIpc) is 2.92. The van der Waals surface area contributed by atoms with Crippen molar-refractivity contribution in [3.05, 3.63) is 88.5 Å². The van der Waals surface area contributed by atoms with Crippen LogP contribution in [-0.4, -0.2) is 25.8 Å². The molecule has 196 valence electrons. The van der Waals surface area contributed by atoms with Crippen LogP contribution in [0.4, 0.5) is 5.69 Å². The van der Waals surface area contributed by atoms with E-state index in [1.807, 2.05) is 30.3 Å². The van der Waals surface area contributed by atoms with Crippen LogP contribution in [0.15, 0.2) is 60.7 Å². The van der Waals surface area contributed by atoms with E-state index >= 15 is 0 Å². The Morgan fingerprint density at radius 1 is 1.03 bits per heavy atom. The van der Waals surface area contributed by atoms with Gasteiger partial charge in [0.2, 0.25) is 0 Å². The van der Waals surface area contributed by atoms with Crippen LogP contribution in [0, 0.1) is 0 Å². The molecule has 0 saturated carbocycles. The summed E-state index contributed by atoms with van der Waals surface area (Å²) in [4.78, 5) is 12.1. The van der Waals surface area contributed by atoms with Crippen LogP contribution in [0.1, 0.15) is 78.2 Å². The van der Waals surface area contributed by atoms with Crippen LogP contribution in [0.5, 0.6) is 11.5 Å². The topological polar surface area (TPSA) is 80.0 Å². The molecule has 3 aromatic rings. The molecule has 4 rings (SSSR count). The number of ketones is 1. The van der Waals surface area contributed by atoms with Gasteiger partial charge in [0.05, 0.1) is 12.7 Å². The molecule has 0 spiro atoms. The number of Topliss-reactive ketones (excluding diaryl/α,β-unsaturated/α-hetero) is 1. The molecule has 0 amide bonds. The van der Waals surface area contributed by atoms with Gasteiger partial charge in [-0.15, -0.1) is 0 Å². The molecule has 2 N–H and O–H groups in total. The summed E-state index contributed by atoms with van der Waals surface area (Å²) in [5.41, 5.74) is 11.3. The van der Waals surface area contributed by atoms with Gasteiger partial charge in [-0.25, -0.2) is 0 Å². The van der Waals surface area contributed by atoms with Crippen molar-refractivity contribution in [1.29, 1.82) is 0 Å². The van der Waals surface area contributed by atoms with Crippen LogP contribution < -0.4 is 15.2 Å². The smallest absolute Gasteiger partial charge is 0.163 e. The number of carbonyl (C=O) groups is 1. The molecule has 0 radical (unpaired) electrons. The summed E-state index contributed by atoms with van der Waals surface area (Å²) in [6.45, 7) is 4.78. The normalized spacial score (nSPS) is 16.2. The summed E-state index contributed by atoms with van der Waals surface area (Å²) >= 11 is 0. The number of benzene rings is 3. The molecule has 1 aliphatic rings. The number of nitrogen functional groups attached to an aromatic ring is 1. The van der Waals surface area contributed by atoms with Gasteiger partial charge < -0.3 is 24.7 Å². The lowest BCUT2D eigenvalue weighted by atomic mass is 9.99. The third-order valence-corrected chi connectivity index (χ3v) is 6.64. The molecule has 1 saturated heterocycles. The summed E-state index contributed by atoms with van der Waals surface area (Å²) in [5.74, 6) is 1.33. The summed E-state index contributed by atoms with van der Waals surface area (Å²) < 4.78 is 24.1. The van der Waals surface area contributed by atoms with Crippen molar-refractivity contribution in [3.63, 3.8) is 0 Å². The number of rotatable bonds is 11. The quantitative estimate of drug-likeness (QED) is 0.233. The zero-order chi connectivity index (χ0) is 26.2. The molecule has 0 aliphatic carbocycles. The van der Waals surface area contributed by atoms with Gasteiger partial charge in [0, 0.05) is 17.9 Å². The van der Waals surface area contributed by atoms with Gasteiger partial charge in [-0.1, -0.05) is 49.7 Å². The summed E-state index contributed by atoms with van der Waals surface area (Å²) in [6.07, 6.45) is 4.28. The SMILES string of the molecule is CCCc1c(OCc2ccc(C(OC3CCCCO3)c3ccc(N)cc3)cc2)ccc(C(C)=O)c1OC. The average molecular weight is 504 g/mol. The number of nitrogens with two attached hydrogens (primary N) is 1. The van der Waals surface area contributed by atoms with Crippen molar-refractivity contribution in [1.82, 2.24) is 0 Å². The predicted molar refractivity (Wildman–Crippen MR) is 145 cm³/mol. The zero-order valence-electron chi connectivity index (χ0n) is 22.0. The third kappa shape index (κ3) is 6.70. The first-order chi connectivity index (χ1) is 18.0. The second-order valence-electron chi connectivity index (χ2n) is 9.44. The van der Waals surface area contributed by atoms with Gasteiger partial charge in [0.15, 0.2) is 12.1 Å². The molecule has 6 nitrogen and oxygen atoms in total. The van der Waals surface area contributed by atoms with Crippen LogP contribution in [0.3, 0.4) is 0 Å². The van der Waals surface area contributed by atoms with Crippen molar-refractivity contribution in [2.75, 3.05) is 19.5 Å². The Morgan fingerprint density at radius 3 is 2.32 bits per heavy atom. The van der Waals surface area contributed by atoms with Crippen LogP contribution in [0.25, 0.3) is 0 Å². The van der Waals surface area contributed by atoms with Gasteiger partial charge in [-0.05, 0) is 73.6 Å². The Balaban J connectivity index is 1.52. The highest BCUT2D eigenvalue weighted by molar-refractivity contribution is 5.97. The van der Waals surface area contributed by atoms with Crippen LogP contribution in [0.2, 0.25) is 0 Å². The van der Waals surface area contributed by atoms with E-state index in [-0.39, 0.29) is 18.2 Å². The van der Waals surface area contributed by atoms with Crippen LogP contribution in [-0.2, 0) is 22.5 Å². The molecule has 37 heavy (non-hydrogen) atoms. The first kappa shape index (κ1) is 26.7. The van der Waals surface area contributed by atoms with Crippen molar-refractivity contribution < 1.29 is 23.7 Å². The maximum absolute atomic E-state index is 12.1. The molecule has 1 fully saturated rings. The number of ether oxygens (including phenoxy) is 4. The van der Waals surface area contributed by atoms with E-state index in [1.165, 1.54) is 0 Å². The molecule has 0 aromatic heterocycles. The molecule has 1 heterocycles. The Morgan fingerprint density at radius 2 is 1.73 bits per heavy atom. The second-order valence-corrected chi connectivity index (χ2v) is 9.44. The Hall–Kier alpha value is -3.35. The van der Waals surface area contributed by atoms with Crippen molar-refractivity contribution in [2.45, 2.75) is 65.0 Å². The summed E-state index contributed by atoms with van der Waals surface area (Å²) in [5, 5.41) is 0. The fourth-order valence-electron chi connectivity index (χ4n) is 4.68. The van der Waals surface area contributed by atoms with Gasteiger partial charge >= 0.3 is 0 Å². The van der Waals surface area contributed by atoms with Crippen molar-refractivity contribution >= 4 is 11.5 Å². The van der Waals surface area contributed by atoms with Crippen LogP contribution >= 0.6 is 0 Å². The van der Waals surface area contributed by atoms with E-state index < -0.39 is 0 Å². The lowest BCUT2D eigenvalue weighted by Crippen LogP contribution is -2.25. The van der Waals surface area contributed by atoms with E-state index in [4.69, 9.17) is 24.7 Å². The zero-order valence-corrected chi connectivity index (χ0v) is 22.0. The van der Waals surface area contributed by atoms with Crippen molar-refractivity contribution in [2.24, 2.45) is 0 Å². The maximum atomic E-state index is 12.1. The predicted octanol–water partition coefficient (Wildman–Crippen LogP) is 6.64. The van der Waals surface area contributed by atoms with E-state index in [1.54, 1.807) is 20.1 Å². The minimum Gasteiger partial charge on any atom is -0.496 e. The molecular formula is C31H37NO5. The summed E-state index contributed by atoms with van der Waals surface area (Å²) in [7, 11) is 1.60. The molecule has 0 bridgehead atoms. The number of hydrogen-bond acceptors (Lipinski definition) is 6. The Labute approximate surface area is 219 Å². The molecule has 1 aliphatic heterocycles. The summed E-state index contributed by atoms with van der Waals surface area (Å²) in [6, 6.07) is 19.7. The monoisotopic (exact) mass is 503 g/mol. The number of hydrogen-bond donors (Lipinski definition) is 1. The highest BCUT2D eigenvalue weighted by Crippen LogP contribution is 2.35. The molecule has 2 atom stereocenters. The molecule has 3 aromatic carbocycles. The standard InChI is InChI=1S/C31H37NO5/c1-4-7-27-28(18-17-26(21(2)33)31(27)34-3)36-20-22-9-11-23(12-10-22)30(24-13-15-25(32)16-14-24)37-29-8-5-6-19-35-29/h9-18,29-30H,4-8,19-20,32H2,1-3H3. The van der Waals surface area contributed by atoms with Gasteiger partial charge in [-0.3, -0.25) is 4.79 Å². The minimum atomic E-state index is -0.252. The molecule has 6 heteroatoms. The molecular weight excluding hydrogens is 466 g/mol. The number of methoxy groups -OCH3 is 1.